The average molecular weight is 278 g/mol. The van der Waals surface area contributed by atoms with Gasteiger partial charge in [0.05, 0.1) is 17.4 Å². The van der Waals surface area contributed by atoms with Gasteiger partial charge < -0.3 is 20.5 Å². The molecule has 20 heavy (non-hydrogen) atoms. The Labute approximate surface area is 119 Å². The first-order chi connectivity index (χ1) is 9.52. The summed E-state index contributed by atoms with van der Waals surface area (Å²) in [6.07, 6.45) is 4.42. The van der Waals surface area contributed by atoms with E-state index in [0.717, 1.165) is 25.7 Å². The van der Waals surface area contributed by atoms with Crippen LogP contribution in [0.3, 0.4) is 0 Å². The van der Waals surface area contributed by atoms with Gasteiger partial charge in [0.1, 0.15) is 0 Å². The largest absolute Gasteiger partial charge is 0.478 e. The zero-order valence-corrected chi connectivity index (χ0v) is 12.0. The second-order valence-electron chi connectivity index (χ2n) is 5.37. The van der Waals surface area contributed by atoms with E-state index in [1.807, 2.05) is 11.9 Å². The normalized spacial score (nSPS) is 22.5. The predicted octanol–water partition coefficient (Wildman–Crippen LogP) is 2.36. The number of hydrogen-bond donors (Lipinski definition) is 2. The van der Waals surface area contributed by atoms with Crippen LogP contribution in [0.5, 0.6) is 0 Å². The van der Waals surface area contributed by atoms with Crippen LogP contribution in [0.1, 0.15) is 36.0 Å². The lowest BCUT2D eigenvalue weighted by atomic mass is 9.91. The van der Waals surface area contributed by atoms with Crippen LogP contribution in [-0.4, -0.2) is 37.4 Å². The lowest BCUT2D eigenvalue weighted by Crippen LogP contribution is -2.39. The summed E-state index contributed by atoms with van der Waals surface area (Å²) in [6, 6.07) is 5.35. The minimum Gasteiger partial charge on any atom is -0.478 e. The summed E-state index contributed by atoms with van der Waals surface area (Å²) in [6.45, 7) is 0. The molecule has 2 atom stereocenters. The van der Waals surface area contributed by atoms with Gasteiger partial charge in [-0.3, -0.25) is 0 Å². The number of carboxylic acids is 1. The van der Waals surface area contributed by atoms with E-state index in [0.29, 0.717) is 17.4 Å². The Hall–Kier alpha value is -1.75. The van der Waals surface area contributed by atoms with E-state index in [4.69, 9.17) is 10.5 Å². The number of carbonyl (C=O) groups is 1. The molecule has 1 fully saturated rings. The number of carboxylic acid groups (broad SMARTS) is 1. The molecule has 0 amide bonds. The van der Waals surface area contributed by atoms with Crippen molar-refractivity contribution in [1.29, 1.82) is 0 Å². The van der Waals surface area contributed by atoms with Gasteiger partial charge in [-0.2, -0.15) is 0 Å². The zero-order chi connectivity index (χ0) is 14.7. The van der Waals surface area contributed by atoms with Crippen molar-refractivity contribution in [2.45, 2.75) is 37.8 Å². The Balaban J connectivity index is 2.24. The summed E-state index contributed by atoms with van der Waals surface area (Å²) in [5, 5.41) is 9.33. The van der Waals surface area contributed by atoms with Gasteiger partial charge in [-0.15, -0.1) is 0 Å². The molecule has 5 heteroatoms. The predicted molar refractivity (Wildman–Crippen MR) is 79.3 cm³/mol. The number of rotatable bonds is 4. The SMILES string of the molecule is COC1CCCC(N(C)c2ccc(N)cc2C(=O)O)C1. The van der Waals surface area contributed by atoms with Gasteiger partial charge in [0, 0.05) is 25.9 Å². The van der Waals surface area contributed by atoms with Gasteiger partial charge in [-0.25, -0.2) is 4.79 Å². The topological polar surface area (TPSA) is 75.8 Å². The molecule has 0 spiro atoms. The first kappa shape index (κ1) is 14.7. The van der Waals surface area contributed by atoms with Crippen LogP contribution in [0.4, 0.5) is 11.4 Å². The monoisotopic (exact) mass is 278 g/mol. The molecule has 110 valence electrons. The van der Waals surface area contributed by atoms with Gasteiger partial charge >= 0.3 is 5.97 Å². The lowest BCUT2D eigenvalue weighted by Gasteiger charge is -2.36. The summed E-state index contributed by atoms with van der Waals surface area (Å²) in [7, 11) is 3.68. The van der Waals surface area contributed by atoms with Crippen LogP contribution >= 0.6 is 0 Å². The minimum atomic E-state index is -0.946. The van der Waals surface area contributed by atoms with Gasteiger partial charge in [0.15, 0.2) is 0 Å². The molecule has 0 aromatic heterocycles. The standard InChI is InChI=1S/C15H22N2O3/c1-17(11-4-3-5-12(9-11)20-2)14-7-6-10(16)8-13(14)15(18)19/h6-8,11-12H,3-5,9,16H2,1-2H3,(H,18,19). The summed E-state index contributed by atoms with van der Waals surface area (Å²) in [5.41, 5.74) is 7.13. The number of anilines is 2. The number of ether oxygens (including phenoxy) is 1. The molecule has 1 aromatic rings. The van der Waals surface area contributed by atoms with E-state index < -0.39 is 5.97 Å². The van der Waals surface area contributed by atoms with Crippen molar-refractivity contribution in [1.82, 2.24) is 0 Å². The Morgan fingerprint density at radius 3 is 2.85 bits per heavy atom. The molecule has 0 aliphatic heterocycles. The average Bonchev–Trinajstić information content (AvgIpc) is 2.46. The number of nitrogen functional groups attached to an aromatic ring is 1. The maximum atomic E-state index is 11.4. The van der Waals surface area contributed by atoms with Crippen molar-refractivity contribution in [2.24, 2.45) is 0 Å². The van der Waals surface area contributed by atoms with Crippen LogP contribution in [0, 0.1) is 0 Å². The Morgan fingerprint density at radius 2 is 2.20 bits per heavy atom. The van der Waals surface area contributed by atoms with Crippen molar-refractivity contribution >= 4 is 17.3 Å². The third kappa shape index (κ3) is 3.04. The van der Waals surface area contributed by atoms with Gasteiger partial charge in [0.25, 0.3) is 0 Å². The minimum absolute atomic E-state index is 0.257. The molecular formula is C15H22N2O3. The third-order valence-corrected chi connectivity index (χ3v) is 4.11. The summed E-state index contributed by atoms with van der Waals surface area (Å²) in [5.74, 6) is -0.946. The third-order valence-electron chi connectivity index (χ3n) is 4.11. The Morgan fingerprint density at radius 1 is 1.45 bits per heavy atom. The summed E-state index contributed by atoms with van der Waals surface area (Å²) < 4.78 is 5.44. The molecule has 0 saturated heterocycles. The van der Waals surface area contributed by atoms with Gasteiger partial charge in [0.2, 0.25) is 0 Å². The van der Waals surface area contributed by atoms with Crippen LogP contribution in [-0.2, 0) is 4.74 Å². The number of benzene rings is 1. The van der Waals surface area contributed by atoms with Crippen molar-refractivity contribution < 1.29 is 14.6 Å². The molecule has 1 aromatic carbocycles. The van der Waals surface area contributed by atoms with Crippen molar-refractivity contribution in [3.8, 4) is 0 Å². The Bertz CT molecular complexity index is 490. The maximum absolute atomic E-state index is 11.4. The fraction of sp³-hybridized carbons (Fsp3) is 0.533. The highest BCUT2D eigenvalue weighted by molar-refractivity contribution is 5.95. The first-order valence-corrected chi connectivity index (χ1v) is 6.91. The van der Waals surface area contributed by atoms with Crippen molar-refractivity contribution in [3.05, 3.63) is 23.8 Å². The highest BCUT2D eigenvalue weighted by Gasteiger charge is 2.27. The summed E-state index contributed by atoms with van der Waals surface area (Å²) in [4.78, 5) is 13.4. The number of nitrogens with two attached hydrogens (primary N) is 1. The number of methoxy groups -OCH3 is 1. The van der Waals surface area contributed by atoms with Crippen LogP contribution in [0.2, 0.25) is 0 Å². The van der Waals surface area contributed by atoms with Crippen LogP contribution in [0.15, 0.2) is 18.2 Å². The second-order valence-corrected chi connectivity index (χ2v) is 5.37. The first-order valence-electron chi connectivity index (χ1n) is 6.91. The van der Waals surface area contributed by atoms with E-state index in [2.05, 4.69) is 0 Å². The molecule has 2 unspecified atom stereocenters. The summed E-state index contributed by atoms with van der Waals surface area (Å²) >= 11 is 0. The van der Waals surface area contributed by atoms with Gasteiger partial charge in [-0.05, 0) is 43.9 Å². The van der Waals surface area contributed by atoms with Crippen LogP contribution in [0.25, 0.3) is 0 Å². The van der Waals surface area contributed by atoms with E-state index >= 15 is 0 Å². The maximum Gasteiger partial charge on any atom is 0.337 e. The molecule has 1 saturated carbocycles. The van der Waals surface area contributed by atoms with Gasteiger partial charge in [-0.1, -0.05) is 0 Å². The Kier molecular flexibility index (Phi) is 4.49. The molecule has 3 N–H and O–H groups in total. The molecule has 5 nitrogen and oxygen atoms in total. The smallest absolute Gasteiger partial charge is 0.337 e. The van der Waals surface area contributed by atoms with Crippen LogP contribution < -0.4 is 10.6 Å². The van der Waals surface area contributed by atoms with E-state index in [1.54, 1.807) is 19.2 Å². The number of hydrogen-bond acceptors (Lipinski definition) is 4. The number of aromatic carboxylic acids is 1. The molecular weight excluding hydrogens is 256 g/mol. The second kappa shape index (κ2) is 6.13. The van der Waals surface area contributed by atoms with Crippen molar-refractivity contribution in [2.75, 3.05) is 24.8 Å². The fourth-order valence-electron chi connectivity index (χ4n) is 2.92. The molecule has 0 heterocycles. The molecule has 0 bridgehead atoms. The van der Waals surface area contributed by atoms with E-state index in [1.165, 1.54) is 6.07 Å². The van der Waals surface area contributed by atoms with E-state index in [9.17, 15) is 9.90 Å². The molecule has 1 aliphatic rings. The zero-order valence-electron chi connectivity index (χ0n) is 12.0. The quantitative estimate of drug-likeness (QED) is 0.827. The molecule has 1 aliphatic carbocycles. The molecule has 0 radical (unpaired) electrons. The fourth-order valence-corrected chi connectivity index (χ4v) is 2.92. The van der Waals surface area contributed by atoms with Crippen molar-refractivity contribution in [3.63, 3.8) is 0 Å². The number of nitrogens with zero attached hydrogens (tertiary/aromatic N) is 1. The highest BCUT2D eigenvalue weighted by Crippen LogP contribution is 2.30. The molecule has 2 rings (SSSR count). The lowest BCUT2D eigenvalue weighted by molar-refractivity contribution is 0.0636. The van der Waals surface area contributed by atoms with E-state index in [-0.39, 0.29) is 11.7 Å². The highest BCUT2D eigenvalue weighted by atomic mass is 16.5.